The number of aromatic nitrogens is 2. The van der Waals surface area contributed by atoms with Crippen molar-refractivity contribution < 1.29 is 0 Å². The number of hydrogen-bond donors (Lipinski definition) is 2. The number of guanidine groups is 1. The Bertz CT molecular complexity index is 413. The van der Waals surface area contributed by atoms with Crippen LogP contribution >= 0.6 is 35.3 Å². The van der Waals surface area contributed by atoms with Crippen molar-refractivity contribution in [2.45, 2.75) is 33.2 Å². The topological polar surface area (TPSA) is 76.2 Å². The Morgan fingerprint density at radius 1 is 1.50 bits per heavy atom. The van der Waals surface area contributed by atoms with Gasteiger partial charge in [-0.05, 0) is 6.92 Å². The average Bonchev–Trinajstić information content (AvgIpc) is 2.72. The third-order valence-electron chi connectivity index (χ3n) is 1.93. The maximum Gasteiger partial charge on any atom is 0.189 e. The summed E-state index contributed by atoms with van der Waals surface area (Å²) >= 11 is 1.58. The molecule has 0 aliphatic carbocycles. The van der Waals surface area contributed by atoms with E-state index in [1.807, 2.05) is 6.92 Å². The van der Waals surface area contributed by atoms with Crippen LogP contribution in [0.15, 0.2) is 17.1 Å². The fourth-order valence-electron chi connectivity index (χ4n) is 1.01. The first-order chi connectivity index (χ1) is 7.99. The van der Waals surface area contributed by atoms with Crippen molar-refractivity contribution in [3.05, 3.63) is 22.2 Å². The van der Waals surface area contributed by atoms with E-state index in [2.05, 4.69) is 40.9 Å². The van der Waals surface area contributed by atoms with Gasteiger partial charge in [-0.15, -0.1) is 34.2 Å². The van der Waals surface area contributed by atoms with Crippen molar-refractivity contribution in [3.63, 3.8) is 0 Å². The lowest BCUT2D eigenvalue weighted by atomic mass is 10.2. The highest BCUT2D eigenvalue weighted by molar-refractivity contribution is 14.0. The molecule has 0 saturated heterocycles. The first-order valence-corrected chi connectivity index (χ1v) is 6.31. The van der Waals surface area contributed by atoms with Crippen LogP contribution in [0.1, 0.15) is 36.7 Å². The molecule has 18 heavy (non-hydrogen) atoms. The van der Waals surface area contributed by atoms with Crippen molar-refractivity contribution in [3.8, 4) is 0 Å². The van der Waals surface area contributed by atoms with E-state index in [0.29, 0.717) is 25.0 Å². The van der Waals surface area contributed by atoms with Crippen LogP contribution in [0.5, 0.6) is 0 Å². The first kappa shape index (κ1) is 17.3. The maximum absolute atomic E-state index is 5.69. The van der Waals surface area contributed by atoms with Gasteiger partial charge < -0.3 is 11.1 Å². The molecular weight excluding hydrogens is 361 g/mol. The van der Waals surface area contributed by atoms with Crippen LogP contribution in [0.4, 0.5) is 0 Å². The molecule has 1 aromatic rings. The van der Waals surface area contributed by atoms with Gasteiger partial charge in [-0.1, -0.05) is 37.3 Å². The number of nitrogens with two attached hydrogens (primary N) is 1. The Morgan fingerprint density at radius 2 is 2.17 bits per heavy atom. The largest absolute Gasteiger partial charge is 0.370 e. The first-order valence-electron chi connectivity index (χ1n) is 5.49. The minimum absolute atomic E-state index is 0. The Hall–Kier alpha value is -0.700. The number of aliphatic imine (C=N–C) groups is 1. The quantitative estimate of drug-likeness (QED) is 0.355. The molecule has 0 radical (unpaired) electrons. The molecule has 0 atom stereocenters. The predicted octanol–water partition coefficient (Wildman–Crippen LogP) is 2.26. The second-order valence-electron chi connectivity index (χ2n) is 4.20. The molecule has 1 aromatic heterocycles. The van der Waals surface area contributed by atoms with E-state index in [-0.39, 0.29) is 24.0 Å². The SMILES string of the molecule is C=C(C)CNC(N)=NCc1nnc(C(C)C)s1.I. The van der Waals surface area contributed by atoms with E-state index in [0.717, 1.165) is 15.6 Å². The van der Waals surface area contributed by atoms with Gasteiger partial charge >= 0.3 is 0 Å². The van der Waals surface area contributed by atoms with Gasteiger partial charge in [-0.25, -0.2) is 4.99 Å². The molecule has 1 rings (SSSR count). The van der Waals surface area contributed by atoms with Crippen LogP contribution in [-0.4, -0.2) is 22.7 Å². The van der Waals surface area contributed by atoms with E-state index in [1.165, 1.54) is 0 Å². The number of halogens is 1. The minimum atomic E-state index is 0. The molecule has 5 nitrogen and oxygen atoms in total. The molecule has 0 aliphatic rings. The summed E-state index contributed by atoms with van der Waals surface area (Å²) < 4.78 is 0. The van der Waals surface area contributed by atoms with E-state index >= 15 is 0 Å². The minimum Gasteiger partial charge on any atom is -0.370 e. The molecule has 0 unspecified atom stereocenters. The summed E-state index contributed by atoms with van der Waals surface area (Å²) in [5.74, 6) is 0.818. The fraction of sp³-hybridized carbons (Fsp3) is 0.545. The van der Waals surface area contributed by atoms with E-state index < -0.39 is 0 Å². The predicted molar refractivity (Wildman–Crippen MR) is 87.6 cm³/mol. The summed E-state index contributed by atoms with van der Waals surface area (Å²) in [7, 11) is 0. The summed E-state index contributed by atoms with van der Waals surface area (Å²) in [4.78, 5) is 4.19. The van der Waals surface area contributed by atoms with Gasteiger partial charge in [-0.3, -0.25) is 0 Å². The van der Waals surface area contributed by atoms with Crippen LogP contribution < -0.4 is 11.1 Å². The molecule has 3 N–H and O–H groups in total. The van der Waals surface area contributed by atoms with Crippen molar-refractivity contribution in [2.75, 3.05) is 6.54 Å². The second kappa shape index (κ2) is 8.41. The van der Waals surface area contributed by atoms with Crippen molar-refractivity contribution in [2.24, 2.45) is 10.7 Å². The molecule has 0 bridgehead atoms. The van der Waals surface area contributed by atoms with Gasteiger partial charge in [0.2, 0.25) is 0 Å². The Morgan fingerprint density at radius 3 is 2.67 bits per heavy atom. The standard InChI is InChI=1S/C11H19N5S.HI/c1-7(2)5-13-11(12)14-6-9-15-16-10(17-9)8(3)4;/h8H,1,5-6H2,2-4H3,(H3,12,13,14);1H. The molecule has 7 heteroatoms. The van der Waals surface area contributed by atoms with Crippen LogP contribution in [0.2, 0.25) is 0 Å². The molecule has 102 valence electrons. The van der Waals surface area contributed by atoms with E-state index in [1.54, 1.807) is 11.3 Å². The Labute approximate surface area is 129 Å². The van der Waals surface area contributed by atoms with Crippen LogP contribution in [0.25, 0.3) is 0 Å². The molecule has 0 aromatic carbocycles. The highest BCUT2D eigenvalue weighted by Crippen LogP contribution is 2.19. The number of rotatable bonds is 5. The monoisotopic (exact) mass is 381 g/mol. The van der Waals surface area contributed by atoms with E-state index in [9.17, 15) is 0 Å². The molecule has 1 heterocycles. The van der Waals surface area contributed by atoms with Gasteiger partial charge in [-0.2, -0.15) is 0 Å². The van der Waals surface area contributed by atoms with Crippen LogP contribution in [0, 0.1) is 0 Å². The average molecular weight is 381 g/mol. The molecule has 0 spiro atoms. The van der Waals surface area contributed by atoms with Crippen molar-refractivity contribution >= 4 is 41.3 Å². The maximum atomic E-state index is 5.69. The van der Waals surface area contributed by atoms with Gasteiger partial charge in [0.15, 0.2) is 5.96 Å². The highest BCUT2D eigenvalue weighted by Gasteiger charge is 2.06. The molecule has 0 amide bonds. The molecule has 0 aliphatic heterocycles. The second-order valence-corrected chi connectivity index (χ2v) is 5.29. The summed E-state index contributed by atoms with van der Waals surface area (Å²) in [6, 6.07) is 0. The van der Waals surface area contributed by atoms with Crippen LogP contribution in [0.3, 0.4) is 0 Å². The lowest BCUT2D eigenvalue weighted by Gasteiger charge is -2.03. The van der Waals surface area contributed by atoms with E-state index in [4.69, 9.17) is 5.73 Å². The molecular formula is C11H20IN5S. The van der Waals surface area contributed by atoms with Gasteiger partial charge in [0.05, 0.1) is 6.54 Å². The summed E-state index contributed by atoms with van der Waals surface area (Å²) in [5.41, 5.74) is 6.71. The number of hydrogen-bond acceptors (Lipinski definition) is 4. The smallest absolute Gasteiger partial charge is 0.189 e. The zero-order valence-corrected chi connectivity index (χ0v) is 14.1. The van der Waals surface area contributed by atoms with Crippen LogP contribution in [-0.2, 0) is 6.54 Å². The summed E-state index contributed by atoms with van der Waals surface area (Å²) in [6.07, 6.45) is 0. The van der Waals surface area contributed by atoms with Gasteiger partial charge in [0.1, 0.15) is 10.0 Å². The molecule has 0 saturated carbocycles. The third-order valence-corrected chi connectivity index (χ3v) is 3.14. The fourth-order valence-corrected chi connectivity index (χ4v) is 1.78. The lowest BCUT2D eigenvalue weighted by Crippen LogP contribution is -2.32. The van der Waals surface area contributed by atoms with Crippen molar-refractivity contribution in [1.29, 1.82) is 0 Å². The van der Waals surface area contributed by atoms with Gasteiger partial charge in [0, 0.05) is 12.5 Å². The normalized spacial score (nSPS) is 11.2. The summed E-state index contributed by atoms with van der Waals surface area (Å²) in [5, 5.41) is 13.0. The molecule has 0 fully saturated rings. The Kier molecular flexibility index (Phi) is 8.08. The Balaban J connectivity index is 0.00000289. The zero-order chi connectivity index (χ0) is 12.8. The summed E-state index contributed by atoms with van der Waals surface area (Å²) in [6.45, 7) is 11.0. The highest BCUT2D eigenvalue weighted by atomic mass is 127. The van der Waals surface area contributed by atoms with Crippen molar-refractivity contribution in [1.82, 2.24) is 15.5 Å². The number of nitrogens with one attached hydrogen (secondary N) is 1. The third kappa shape index (κ3) is 6.29. The lowest BCUT2D eigenvalue weighted by molar-refractivity contribution is 0.815. The van der Waals surface area contributed by atoms with Gasteiger partial charge in [0.25, 0.3) is 0 Å². The zero-order valence-electron chi connectivity index (χ0n) is 10.9. The number of nitrogens with zero attached hydrogens (tertiary/aromatic N) is 3.